The predicted molar refractivity (Wildman–Crippen MR) is 184 cm³/mol. The van der Waals surface area contributed by atoms with Gasteiger partial charge in [0.2, 0.25) is 0 Å². The number of halogens is 1. The van der Waals surface area contributed by atoms with Gasteiger partial charge >= 0.3 is 23.9 Å². The smallest absolute Gasteiger partial charge is 0.345 e. The van der Waals surface area contributed by atoms with Crippen molar-refractivity contribution in [1.29, 1.82) is 0 Å². The van der Waals surface area contributed by atoms with E-state index in [1.165, 1.54) is 0 Å². The summed E-state index contributed by atoms with van der Waals surface area (Å²) in [6.07, 6.45) is 0. The van der Waals surface area contributed by atoms with Gasteiger partial charge in [0.1, 0.15) is 24.5 Å². The van der Waals surface area contributed by atoms with E-state index >= 15 is 0 Å². The third-order valence-corrected chi connectivity index (χ3v) is 12.7. The highest BCUT2D eigenvalue weighted by Crippen LogP contribution is 2.71. The molecule has 0 fully saturated rings. The molecule has 0 aromatic heterocycles. The van der Waals surface area contributed by atoms with Crippen LogP contribution in [0.25, 0.3) is 5.57 Å². The fourth-order valence-corrected chi connectivity index (χ4v) is 10.9. The maximum atomic E-state index is 14.5. The fraction of sp³-hybridized carbons (Fsp3) is 0.303. The summed E-state index contributed by atoms with van der Waals surface area (Å²) in [5, 5.41) is 0.234. The number of carbonyl (C=O) groups excluding carboxylic acids is 5. The van der Waals surface area contributed by atoms with Crippen LogP contribution in [0.15, 0.2) is 67.7 Å². The van der Waals surface area contributed by atoms with E-state index in [9.17, 15) is 24.0 Å². The number of rotatable bonds is 7. The normalized spacial score (nSPS) is 17.5. The molecule has 0 unspecified atom stereocenters. The Labute approximate surface area is 294 Å². The Hall–Kier alpha value is -3.85. The number of nitrogens with zero attached hydrogens (tertiary/aromatic N) is 1. The molecule has 3 aliphatic heterocycles. The molecule has 1 amide bonds. The van der Waals surface area contributed by atoms with Crippen LogP contribution in [-0.4, -0.2) is 74.4 Å². The molecule has 2 aromatic carbocycles. The highest BCUT2D eigenvalue weighted by atomic mass is 35.5. The monoisotopic (exact) mass is 731 g/mol. The van der Waals surface area contributed by atoms with Gasteiger partial charge in [0.15, 0.2) is 0 Å². The molecule has 0 radical (unpaired) electrons. The van der Waals surface area contributed by atoms with Gasteiger partial charge < -0.3 is 23.7 Å². The lowest BCUT2D eigenvalue weighted by Gasteiger charge is -2.50. The van der Waals surface area contributed by atoms with Crippen molar-refractivity contribution in [3.8, 4) is 5.75 Å². The van der Waals surface area contributed by atoms with Crippen LogP contribution in [0.1, 0.15) is 36.7 Å². The lowest BCUT2D eigenvalue weighted by molar-refractivity contribution is -0.138. The summed E-state index contributed by atoms with van der Waals surface area (Å²) in [7, 11) is 4.63. The van der Waals surface area contributed by atoms with Crippen LogP contribution in [0.4, 0.5) is 5.69 Å². The van der Waals surface area contributed by atoms with Gasteiger partial charge in [-0.1, -0.05) is 59.0 Å². The number of hydrogen-bond acceptors (Lipinski definition) is 13. The van der Waals surface area contributed by atoms with E-state index in [-0.39, 0.29) is 30.9 Å². The Morgan fingerprint density at radius 3 is 1.90 bits per heavy atom. The molecule has 48 heavy (non-hydrogen) atoms. The molecule has 0 saturated carbocycles. The van der Waals surface area contributed by atoms with E-state index in [1.807, 2.05) is 6.92 Å². The van der Waals surface area contributed by atoms with Crippen LogP contribution in [0.5, 0.6) is 5.75 Å². The standard InChI is InChI=1S/C33H30ClNO10S3/c1-8-45-16-13-14-20-18(15-16)21-26(32(2,3)35(20)27(36)17-11-9-10-12-19(17)34)46-23(29(38)42-5)22(28(37)41-4)33(21)47-24(30(39)43-6)25(48-33)31(40)44-7/h9-15H,8H2,1-7H3. The van der Waals surface area contributed by atoms with E-state index in [2.05, 4.69) is 0 Å². The quantitative estimate of drug-likeness (QED) is 0.245. The summed E-state index contributed by atoms with van der Waals surface area (Å²) in [4.78, 5) is 70.0. The van der Waals surface area contributed by atoms with Gasteiger partial charge in [-0.05, 0) is 51.1 Å². The Balaban J connectivity index is 1.92. The highest BCUT2D eigenvalue weighted by Gasteiger charge is 2.62. The number of esters is 4. The number of amides is 1. The molecule has 0 N–H and O–H groups in total. The van der Waals surface area contributed by atoms with Crippen molar-refractivity contribution >= 4 is 87.9 Å². The summed E-state index contributed by atoms with van der Waals surface area (Å²) < 4.78 is 24.6. The average Bonchev–Trinajstić information content (AvgIpc) is 3.47. The first-order valence-corrected chi connectivity index (χ1v) is 17.1. The number of benzene rings is 2. The van der Waals surface area contributed by atoms with Gasteiger partial charge in [-0.15, -0.1) is 0 Å². The van der Waals surface area contributed by atoms with Crippen LogP contribution >= 0.6 is 46.9 Å². The molecule has 0 atom stereocenters. The van der Waals surface area contributed by atoms with E-state index in [4.69, 9.17) is 35.3 Å². The van der Waals surface area contributed by atoms with Crippen LogP contribution in [-0.2, 0) is 38.1 Å². The van der Waals surface area contributed by atoms with Crippen LogP contribution < -0.4 is 9.64 Å². The maximum absolute atomic E-state index is 14.5. The lowest BCUT2D eigenvalue weighted by atomic mass is 9.83. The fourth-order valence-electron chi connectivity index (χ4n) is 5.67. The zero-order valence-corrected chi connectivity index (χ0v) is 30.1. The molecular weight excluding hydrogens is 702 g/mol. The second-order valence-electron chi connectivity index (χ2n) is 10.7. The topological polar surface area (TPSA) is 135 Å². The predicted octanol–water partition coefficient (Wildman–Crippen LogP) is 5.97. The largest absolute Gasteiger partial charge is 0.494 e. The van der Waals surface area contributed by atoms with Crippen molar-refractivity contribution in [2.75, 3.05) is 39.9 Å². The molecule has 0 saturated heterocycles. The molecule has 1 spiro atoms. The van der Waals surface area contributed by atoms with Gasteiger partial charge in [-0.2, -0.15) is 0 Å². The molecule has 15 heteroatoms. The molecule has 3 aliphatic rings. The van der Waals surface area contributed by atoms with Gasteiger partial charge in [-0.3, -0.25) is 9.69 Å². The number of carbonyl (C=O) groups is 5. The molecule has 252 valence electrons. The van der Waals surface area contributed by atoms with Crippen molar-refractivity contribution in [2.45, 2.75) is 30.4 Å². The van der Waals surface area contributed by atoms with Crippen LogP contribution in [0.2, 0.25) is 5.02 Å². The van der Waals surface area contributed by atoms with Gasteiger partial charge in [0.25, 0.3) is 5.91 Å². The number of hydrogen-bond donors (Lipinski definition) is 0. The van der Waals surface area contributed by atoms with Crippen LogP contribution in [0.3, 0.4) is 0 Å². The molecule has 5 rings (SSSR count). The zero-order chi connectivity index (χ0) is 35.1. The van der Waals surface area contributed by atoms with E-state index in [0.29, 0.717) is 34.1 Å². The molecule has 0 aliphatic carbocycles. The summed E-state index contributed by atoms with van der Waals surface area (Å²) in [5.41, 5.74) is 0.114. The maximum Gasteiger partial charge on any atom is 0.345 e. The zero-order valence-electron chi connectivity index (χ0n) is 26.9. The minimum Gasteiger partial charge on any atom is -0.494 e. The Kier molecular flexibility index (Phi) is 10.0. The summed E-state index contributed by atoms with van der Waals surface area (Å²) >= 11 is 9.16. The van der Waals surface area contributed by atoms with Gasteiger partial charge in [0.05, 0.1) is 62.4 Å². The Morgan fingerprint density at radius 2 is 1.35 bits per heavy atom. The van der Waals surface area contributed by atoms with Crippen molar-refractivity contribution in [3.05, 3.63) is 83.8 Å². The summed E-state index contributed by atoms with van der Waals surface area (Å²) in [5.74, 6) is -3.48. The number of anilines is 1. The number of thioether (sulfide) groups is 3. The highest BCUT2D eigenvalue weighted by molar-refractivity contribution is 8.26. The van der Waals surface area contributed by atoms with Gasteiger partial charge in [-0.25, -0.2) is 19.2 Å². The molecule has 3 heterocycles. The lowest BCUT2D eigenvalue weighted by Crippen LogP contribution is -2.53. The van der Waals surface area contributed by atoms with Crippen molar-refractivity contribution in [2.24, 2.45) is 0 Å². The van der Waals surface area contributed by atoms with Crippen molar-refractivity contribution in [3.63, 3.8) is 0 Å². The molecule has 2 aromatic rings. The molecular formula is C33H30ClNO10S3. The van der Waals surface area contributed by atoms with Crippen LogP contribution in [0, 0.1) is 0 Å². The van der Waals surface area contributed by atoms with Crippen molar-refractivity contribution < 1.29 is 47.7 Å². The summed E-state index contributed by atoms with van der Waals surface area (Å²) in [6, 6.07) is 11.8. The number of ether oxygens (including phenoxy) is 5. The minimum atomic E-state index is -1.72. The average molecular weight is 732 g/mol. The minimum absolute atomic E-state index is 0.145. The first kappa shape index (κ1) is 35.5. The van der Waals surface area contributed by atoms with Crippen molar-refractivity contribution in [1.82, 2.24) is 0 Å². The van der Waals surface area contributed by atoms with Gasteiger partial charge in [0, 0.05) is 16.0 Å². The molecule has 11 nitrogen and oxygen atoms in total. The Bertz CT molecular complexity index is 1840. The Morgan fingerprint density at radius 1 is 0.792 bits per heavy atom. The first-order valence-electron chi connectivity index (χ1n) is 14.3. The second kappa shape index (κ2) is 13.6. The first-order chi connectivity index (χ1) is 22.8. The number of fused-ring (bicyclic) bond motifs is 3. The SMILES string of the molecule is CCOc1ccc2c(c1)C1=C(SC(C(=O)OC)=C(C(=O)OC)C13SC(C(=O)OC)=C(C(=O)OC)S3)C(C)(C)N2C(=O)c1ccccc1Cl. The molecule has 0 bridgehead atoms. The number of methoxy groups -OCH3 is 4. The third-order valence-electron chi connectivity index (χ3n) is 7.73. The third kappa shape index (κ3) is 5.57. The van der Waals surface area contributed by atoms with E-state index < -0.39 is 39.4 Å². The van der Waals surface area contributed by atoms with E-state index in [1.54, 1.807) is 61.2 Å². The second-order valence-corrected chi connectivity index (χ2v) is 14.9. The summed E-state index contributed by atoms with van der Waals surface area (Å²) in [6.45, 7) is 5.71. The van der Waals surface area contributed by atoms with E-state index in [0.717, 1.165) is 63.7 Å².